The molecule has 40 heavy (non-hydrogen) atoms. The fourth-order valence-electron chi connectivity index (χ4n) is 5.93. The Labute approximate surface area is 235 Å². The van der Waals surface area contributed by atoms with Crippen molar-refractivity contribution in [2.75, 3.05) is 7.05 Å². The van der Waals surface area contributed by atoms with Gasteiger partial charge in [-0.1, -0.05) is 105 Å². The minimum absolute atomic E-state index is 0.00407. The first-order valence-electron chi connectivity index (χ1n) is 13.9. The highest BCUT2D eigenvalue weighted by atomic mass is 16.5. The van der Waals surface area contributed by atoms with Crippen LogP contribution in [-0.4, -0.2) is 25.0 Å². The summed E-state index contributed by atoms with van der Waals surface area (Å²) in [7, 11) is 1.65. The molecule has 0 bridgehead atoms. The monoisotopic (exact) mass is 539 g/mol. The average Bonchev–Trinajstić information content (AvgIpc) is 3.89. The van der Waals surface area contributed by atoms with Crippen molar-refractivity contribution in [3.8, 4) is 0 Å². The molecule has 7 nitrogen and oxygen atoms in total. The molecule has 3 aromatic rings. The standard InChI is InChI=1S/C33H37N3O4/c1-32(29(37)34-3)19-25(32)27(23-15-9-5-10-16-23)35-30(38)33(2)20-26(33)28(24-17-11-6-12-18-24)36-31(39)40-21-22-13-7-4-8-14-22/h4-18,25-28H,19-21H2,1-3H3,(H,34,37)(H,35,38)(H,36,39)/t25-,26-,27+,28+,32+,33+/m0/s1. The van der Waals surface area contributed by atoms with Gasteiger partial charge in [0.15, 0.2) is 0 Å². The molecule has 208 valence electrons. The molecule has 0 saturated heterocycles. The van der Waals surface area contributed by atoms with Crippen LogP contribution in [0.3, 0.4) is 0 Å². The highest BCUT2D eigenvalue weighted by Crippen LogP contribution is 2.61. The molecule has 2 aliphatic carbocycles. The predicted molar refractivity (Wildman–Crippen MR) is 153 cm³/mol. The summed E-state index contributed by atoms with van der Waals surface area (Å²) in [6.07, 6.45) is 0.804. The van der Waals surface area contributed by atoms with E-state index in [1.165, 1.54) is 0 Å². The third-order valence-electron chi connectivity index (χ3n) is 8.76. The lowest BCUT2D eigenvalue weighted by Gasteiger charge is -2.26. The Kier molecular flexibility index (Phi) is 7.66. The minimum Gasteiger partial charge on any atom is -0.445 e. The molecule has 0 spiro atoms. The Morgan fingerprint density at radius 3 is 1.68 bits per heavy atom. The van der Waals surface area contributed by atoms with Gasteiger partial charge in [-0.2, -0.15) is 0 Å². The van der Waals surface area contributed by atoms with E-state index in [2.05, 4.69) is 16.0 Å². The molecule has 0 heterocycles. The molecule has 3 N–H and O–H groups in total. The number of carbonyl (C=O) groups is 3. The van der Waals surface area contributed by atoms with E-state index in [9.17, 15) is 14.4 Å². The lowest BCUT2D eigenvalue weighted by Crippen LogP contribution is -2.39. The Balaban J connectivity index is 1.31. The fraction of sp³-hybridized carbons (Fsp3) is 0.364. The molecule has 0 aromatic heterocycles. The predicted octanol–water partition coefficient (Wildman–Crippen LogP) is 5.31. The van der Waals surface area contributed by atoms with E-state index in [4.69, 9.17) is 4.74 Å². The number of benzene rings is 3. The molecule has 3 amide bonds. The van der Waals surface area contributed by atoms with E-state index in [0.717, 1.165) is 16.7 Å². The SMILES string of the molecule is CNC(=O)[C@]1(C)C[C@H]1[C@H](NC(=O)[C@]1(C)C[C@H]1[C@H](NC(=O)OCc1ccccc1)c1ccccc1)c1ccccc1. The van der Waals surface area contributed by atoms with Gasteiger partial charge in [-0.05, 0) is 41.4 Å². The summed E-state index contributed by atoms with van der Waals surface area (Å²) in [5, 5.41) is 9.12. The summed E-state index contributed by atoms with van der Waals surface area (Å²) >= 11 is 0. The van der Waals surface area contributed by atoms with Gasteiger partial charge >= 0.3 is 6.09 Å². The number of carbonyl (C=O) groups excluding carboxylic acids is 3. The van der Waals surface area contributed by atoms with Gasteiger partial charge in [0.05, 0.1) is 22.9 Å². The second-order valence-electron chi connectivity index (χ2n) is 11.5. The second kappa shape index (κ2) is 11.2. The van der Waals surface area contributed by atoms with Gasteiger partial charge in [-0.3, -0.25) is 9.59 Å². The summed E-state index contributed by atoms with van der Waals surface area (Å²) in [6.45, 7) is 4.07. The van der Waals surface area contributed by atoms with Crippen molar-refractivity contribution in [1.29, 1.82) is 0 Å². The number of hydrogen-bond donors (Lipinski definition) is 3. The normalized spacial score (nSPS) is 26.1. The first-order chi connectivity index (χ1) is 19.3. The molecular formula is C33H37N3O4. The van der Waals surface area contributed by atoms with Crippen molar-refractivity contribution in [2.24, 2.45) is 22.7 Å². The number of ether oxygens (including phenoxy) is 1. The smallest absolute Gasteiger partial charge is 0.407 e. The molecule has 2 aliphatic rings. The number of nitrogens with one attached hydrogen (secondary N) is 3. The van der Waals surface area contributed by atoms with Gasteiger partial charge in [0.2, 0.25) is 11.8 Å². The van der Waals surface area contributed by atoms with Crippen molar-refractivity contribution >= 4 is 17.9 Å². The van der Waals surface area contributed by atoms with Crippen LogP contribution in [-0.2, 0) is 20.9 Å². The van der Waals surface area contributed by atoms with Crippen LogP contribution in [0.5, 0.6) is 0 Å². The lowest BCUT2D eigenvalue weighted by molar-refractivity contribution is -0.129. The molecule has 7 heteroatoms. The Bertz CT molecular complexity index is 1350. The number of alkyl carbamates (subject to hydrolysis) is 1. The van der Waals surface area contributed by atoms with Crippen LogP contribution in [0.25, 0.3) is 0 Å². The maximum Gasteiger partial charge on any atom is 0.407 e. The summed E-state index contributed by atoms with van der Waals surface area (Å²) in [6, 6.07) is 28.4. The van der Waals surface area contributed by atoms with Gasteiger partial charge in [-0.15, -0.1) is 0 Å². The Morgan fingerprint density at radius 2 is 1.18 bits per heavy atom. The highest BCUT2D eigenvalue weighted by Gasteiger charge is 2.63. The van der Waals surface area contributed by atoms with Crippen molar-refractivity contribution in [1.82, 2.24) is 16.0 Å². The zero-order valence-corrected chi connectivity index (χ0v) is 23.2. The van der Waals surface area contributed by atoms with E-state index in [-0.39, 0.29) is 42.3 Å². The Hall–Kier alpha value is -4.13. The Morgan fingerprint density at radius 1 is 0.725 bits per heavy atom. The molecular weight excluding hydrogens is 502 g/mol. The van der Waals surface area contributed by atoms with Crippen LogP contribution >= 0.6 is 0 Å². The quantitative estimate of drug-likeness (QED) is 0.325. The van der Waals surface area contributed by atoms with Crippen molar-refractivity contribution in [3.63, 3.8) is 0 Å². The molecule has 0 radical (unpaired) electrons. The van der Waals surface area contributed by atoms with Crippen molar-refractivity contribution in [2.45, 2.75) is 45.4 Å². The summed E-state index contributed by atoms with van der Waals surface area (Å²) in [5.74, 6) is -0.195. The molecule has 5 rings (SSSR count). The first kappa shape index (κ1) is 27.4. The van der Waals surface area contributed by atoms with Gasteiger partial charge < -0.3 is 20.7 Å². The molecule has 3 aromatic carbocycles. The van der Waals surface area contributed by atoms with Gasteiger partial charge in [0, 0.05) is 7.05 Å². The van der Waals surface area contributed by atoms with Crippen LogP contribution < -0.4 is 16.0 Å². The number of hydrogen-bond acceptors (Lipinski definition) is 4. The minimum atomic E-state index is -0.682. The summed E-state index contributed by atoms with van der Waals surface area (Å²) in [4.78, 5) is 39.4. The fourth-order valence-corrected chi connectivity index (χ4v) is 5.93. The van der Waals surface area contributed by atoms with E-state index in [0.29, 0.717) is 12.8 Å². The maximum atomic E-state index is 13.9. The second-order valence-corrected chi connectivity index (χ2v) is 11.5. The number of rotatable bonds is 10. The van der Waals surface area contributed by atoms with Gasteiger partial charge in [0.25, 0.3) is 0 Å². The van der Waals surface area contributed by atoms with Crippen molar-refractivity contribution < 1.29 is 19.1 Å². The van der Waals surface area contributed by atoms with Crippen LogP contribution in [0.2, 0.25) is 0 Å². The molecule has 0 aliphatic heterocycles. The van der Waals surface area contributed by atoms with Crippen LogP contribution in [0.4, 0.5) is 4.79 Å². The van der Waals surface area contributed by atoms with E-state index < -0.39 is 16.9 Å². The summed E-state index contributed by atoms with van der Waals surface area (Å²) < 4.78 is 5.52. The number of amides is 3. The zero-order valence-electron chi connectivity index (χ0n) is 23.2. The molecule has 2 fully saturated rings. The van der Waals surface area contributed by atoms with E-state index in [1.54, 1.807) is 7.05 Å². The molecule has 6 atom stereocenters. The maximum absolute atomic E-state index is 13.9. The average molecular weight is 540 g/mol. The third kappa shape index (κ3) is 5.60. The molecule has 0 unspecified atom stereocenters. The topological polar surface area (TPSA) is 96.5 Å². The van der Waals surface area contributed by atoms with Gasteiger partial charge in [-0.25, -0.2) is 4.79 Å². The van der Waals surface area contributed by atoms with E-state index in [1.807, 2.05) is 105 Å². The first-order valence-corrected chi connectivity index (χ1v) is 13.9. The largest absolute Gasteiger partial charge is 0.445 e. The van der Waals surface area contributed by atoms with E-state index >= 15 is 0 Å². The van der Waals surface area contributed by atoms with Crippen LogP contribution in [0.1, 0.15) is 55.5 Å². The summed E-state index contributed by atoms with van der Waals surface area (Å²) in [5.41, 5.74) is 1.60. The molecule has 2 saturated carbocycles. The lowest BCUT2D eigenvalue weighted by atomic mass is 9.92. The van der Waals surface area contributed by atoms with Gasteiger partial charge in [0.1, 0.15) is 6.61 Å². The zero-order chi connectivity index (χ0) is 28.3. The van der Waals surface area contributed by atoms with Crippen molar-refractivity contribution in [3.05, 3.63) is 108 Å². The third-order valence-corrected chi connectivity index (χ3v) is 8.76. The van der Waals surface area contributed by atoms with Crippen LogP contribution in [0, 0.1) is 22.7 Å². The van der Waals surface area contributed by atoms with Crippen LogP contribution in [0.15, 0.2) is 91.0 Å². The highest BCUT2D eigenvalue weighted by molar-refractivity contribution is 5.88.